The molecule has 3 rings (SSSR count). The van der Waals surface area contributed by atoms with Crippen LogP contribution >= 0.6 is 0 Å². The molecule has 1 amide bonds. The average Bonchev–Trinajstić information content (AvgIpc) is 3.12. The highest BCUT2D eigenvalue weighted by Crippen LogP contribution is 2.38. The zero-order valence-corrected chi connectivity index (χ0v) is 12.7. The molecule has 1 aliphatic carbocycles. The van der Waals surface area contributed by atoms with Gasteiger partial charge in [0.25, 0.3) is 0 Å². The van der Waals surface area contributed by atoms with Crippen LogP contribution in [0.3, 0.4) is 0 Å². The van der Waals surface area contributed by atoms with Crippen LogP contribution in [-0.2, 0) is 20.7 Å². The van der Waals surface area contributed by atoms with Crippen molar-refractivity contribution in [2.24, 2.45) is 5.41 Å². The van der Waals surface area contributed by atoms with Gasteiger partial charge in [0.1, 0.15) is 5.41 Å². The van der Waals surface area contributed by atoms with Crippen LogP contribution in [0.4, 0.5) is 0 Å². The van der Waals surface area contributed by atoms with E-state index >= 15 is 0 Å². The smallest absolute Gasteiger partial charge is 0.313 e. The molecule has 0 radical (unpaired) electrons. The summed E-state index contributed by atoms with van der Waals surface area (Å²) in [6.07, 6.45) is 2.19. The minimum absolute atomic E-state index is 0.0594. The zero-order valence-electron chi connectivity index (χ0n) is 12.7. The van der Waals surface area contributed by atoms with Crippen molar-refractivity contribution in [3.05, 3.63) is 35.4 Å². The van der Waals surface area contributed by atoms with E-state index < -0.39 is 11.4 Å². The number of hydrogen-bond acceptors (Lipinski definition) is 3. The number of carboxylic acid groups (broad SMARTS) is 1. The van der Waals surface area contributed by atoms with Crippen molar-refractivity contribution in [3.63, 3.8) is 0 Å². The Bertz CT molecular complexity index is 600. The lowest BCUT2D eigenvalue weighted by Crippen LogP contribution is -2.41. The summed E-state index contributed by atoms with van der Waals surface area (Å²) in [5.41, 5.74) is 1.39. The third-order valence-electron chi connectivity index (χ3n) is 4.97. The van der Waals surface area contributed by atoms with E-state index in [1.807, 2.05) is 18.2 Å². The Hall–Kier alpha value is -1.88. The van der Waals surface area contributed by atoms with E-state index in [0.717, 1.165) is 18.4 Å². The number of carbonyl (C=O) groups is 2. The van der Waals surface area contributed by atoms with Crippen molar-refractivity contribution < 1.29 is 19.4 Å². The number of hydrogen-bond donors (Lipinski definition) is 1. The molecule has 0 saturated carbocycles. The number of likely N-dealkylation sites (tertiary alicyclic amines) is 1. The van der Waals surface area contributed by atoms with Crippen LogP contribution < -0.4 is 0 Å². The van der Waals surface area contributed by atoms with E-state index in [1.54, 1.807) is 4.90 Å². The Labute approximate surface area is 129 Å². The van der Waals surface area contributed by atoms with Gasteiger partial charge in [0.05, 0.1) is 12.5 Å². The molecule has 2 unspecified atom stereocenters. The Morgan fingerprint density at radius 3 is 2.91 bits per heavy atom. The van der Waals surface area contributed by atoms with Crippen LogP contribution in [0.5, 0.6) is 0 Å². The molecule has 22 heavy (non-hydrogen) atoms. The number of carbonyl (C=O) groups excluding carboxylic acids is 1. The largest absolute Gasteiger partial charge is 0.481 e. The fraction of sp³-hybridized carbons (Fsp3) is 0.529. The van der Waals surface area contributed by atoms with E-state index in [4.69, 9.17) is 4.74 Å². The van der Waals surface area contributed by atoms with Crippen molar-refractivity contribution in [1.29, 1.82) is 0 Å². The third-order valence-corrected chi connectivity index (χ3v) is 4.97. The zero-order chi connectivity index (χ0) is 15.7. The van der Waals surface area contributed by atoms with Crippen molar-refractivity contribution in [3.8, 4) is 0 Å². The minimum atomic E-state index is -0.956. The fourth-order valence-corrected chi connectivity index (χ4v) is 3.72. The minimum Gasteiger partial charge on any atom is -0.481 e. The monoisotopic (exact) mass is 303 g/mol. The predicted molar refractivity (Wildman–Crippen MR) is 80.6 cm³/mol. The number of carboxylic acids is 1. The number of ether oxygens (including phenoxy) is 1. The van der Waals surface area contributed by atoms with E-state index in [-0.39, 0.29) is 25.0 Å². The summed E-state index contributed by atoms with van der Waals surface area (Å²) in [5.74, 6) is -0.941. The molecule has 1 heterocycles. The van der Waals surface area contributed by atoms with E-state index in [9.17, 15) is 14.7 Å². The molecule has 118 valence electrons. The molecule has 1 saturated heterocycles. The first-order chi connectivity index (χ1) is 10.6. The Morgan fingerprint density at radius 2 is 2.18 bits per heavy atom. The van der Waals surface area contributed by atoms with Gasteiger partial charge in [-0.05, 0) is 30.4 Å². The molecule has 0 aromatic heterocycles. The lowest BCUT2D eigenvalue weighted by atomic mass is 9.88. The van der Waals surface area contributed by atoms with E-state index in [0.29, 0.717) is 13.0 Å². The second kappa shape index (κ2) is 5.72. The summed E-state index contributed by atoms with van der Waals surface area (Å²) in [5, 5.41) is 9.50. The number of fused-ring (bicyclic) bond motifs is 1. The molecule has 1 aromatic carbocycles. The first-order valence-electron chi connectivity index (χ1n) is 7.66. The SMILES string of the molecule is COCC1(C(=O)O)CCN(C(=O)C2CCc3ccccc32)C1. The van der Waals surface area contributed by atoms with Crippen molar-refractivity contribution >= 4 is 11.9 Å². The molecule has 1 aliphatic heterocycles. The summed E-state index contributed by atoms with van der Waals surface area (Å²) in [6.45, 7) is 0.883. The molecule has 1 N–H and O–H groups in total. The molecule has 5 heteroatoms. The highest BCUT2D eigenvalue weighted by atomic mass is 16.5. The summed E-state index contributed by atoms with van der Waals surface area (Å²) >= 11 is 0. The molecule has 2 atom stereocenters. The number of nitrogens with zero attached hydrogens (tertiary/aromatic N) is 1. The number of aliphatic carboxylic acids is 1. The van der Waals surface area contributed by atoms with Gasteiger partial charge in [0.15, 0.2) is 0 Å². The molecule has 2 aliphatic rings. The number of benzene rings is 1. The summed E-state index contributed by atoms with van der Waals surface area (Å²) in [6, 6.07) is 8.04. The maximum absolute atomic E-state index is 12.8. The summed E-state index contributed by atoms with van der Waals surface area (Å²) in [4.78, 5) is 26.1. The van der Waals surface area contributed by atoms with Gasteiger partial charge in [-0.1, -0.05) is 24.3 Å². The lowest BCUT2D eigenvalue weighted by molar-refractivity contribution is -0.151. The quantitative estimate of drug-likeness (QED) is 0.919. The molecule has 5 nitrogen and oxygen atoms in total. The molecule has 1 aromatic rings. The number of aryl methyl sites for hydroxylation is 1. The maximum Gasteiger partial charge on any atom is 0.313 e. The fourth-order valence-electron chi connectivity index (χ4n) is 3.72. The highest BCUT2D eigenvalue weighted by Gasteiger charge is 2.47. The van der Waals surface area contributed by atoms with Crippen LogP contribution in [0, 0.1) is 5.41 Å². The van der Waals surface area contributed by atoms with Crippen LogP contribution in [0.25, 0.3) is 0 Å². The summed E-state index contributed by atoms with van der Waals surface area (Å²) in [7, 11) is 1.50. The number of rotatable bonds is 4. The van der Waals surface area contributed by atoms with Crippen LogP contribution in [-0.4, -0.2) is 48.7 Å². The molecule has 0 spiro atoms. The van der Waals surface area contributed by atoms with Gasteiger partial charge in [-0.25, -0.2) is 0 Å². The first-order valence-corrected chi connectivity index (χ1v) is 7.66. The van der Waals surface area contributed by atoms with Gasteiger partial charge in [-0.15, -0.1) is 0 Å². The number of amides is 1. The van der Waals surface area contributed by atoms with Crippen molar-refractivity contribution in [2.45, 2.75) is 25.2 Å². The third kappa shape index (κ3) is 2.39. The van der Waals surface area contributed by atoms with Gasteiger partial charge in [-0.3, -0.25) is 9.59 Å². The van der Waals surface area contributed by atoms with Gasteiger partial charge < -0.3 is 14.7 Å². The summed E-state index contributed by atoms with van der Waals surface area (Å²) < 4.78 is 5.08. The molecular formula is C17H21NO4. The predicted octanol–water partition coefficient (Wildman–Crippen LogP) is 1.67. The van der Waals surface area contributed by atoms with Crippen LogP contribution in [0.15, 0.2) is 24.3 Å². The maximum atomic E-state index is 12.8. The topological polar surface area (TPSA) is 66.8 Å². The second-order valence-electron chi connectivity index (χ2n) is 6.32. The molecular weight excluding hydrogens is 282 g/mol. The number of methoxy groups -OCH3 is 1. The van der Waals surface area contributed by atoms with E-state index in [2.05, 4.69) is 6.07 Å². The Kier molecular flexibility index (Phi) is 3.91. The van der Waals surface area contributed by atoms with Crippen molar-refractivity contribution in [1.82, 2.24) is 4.90 Å². The van der Waals surface area contributed by atoms with E-state index in [1.165, 1.54) is 12.7 Å². The van der Waals surface area contributed by atoms with Gasteiger partial charge in [0.2, 0.25) is 5.91 Å². The Balaban J connectivity index is 1.76. The second-order valence-corrected chi connectivity index (χ2v) is 6.32. The van der Waals surface area contributed by atoms with Crippen molar-refractivity contribution in [2.75, 3.05) is 26.8 Å². The normalized spacial score (nSPS) is 27.0. The lowest BCUT2D eigenvalue weighted by Gasteiger charge is -2.25. The van der Waals surface area contributed by atoms with Crippen LogP contribution in [0.1, 0.15) is 29.9 Å². The highest BCUT2D eigenvalue weighted by molar-refractivity contribution is 5.86. The average molecular weight is 303 g/mol. The van der Waals surface area contributed by atoms with Gasteiger partial charge in [0, 0.05) is 20.2 Å². The molecule has 0 bridgehead atoms. The first kappa shape index (κ1) is 15.0. The molecule has 1 fully saturated rings. The van der Waals surface area contributed by atoms with Gasteiger partial charge >= 0.3 is 5.97 Å². The Morgan fingerprint density at radius 1 is 1.41 bits per heavy atom. The van der Waals surface area contributed by atoms with Gasteiger partial charge in [-0.2, -0.15) is 0 Å². The standard InChI is InChI=1S/C17H21NO4/c1-22-11-17(16(20)21)8-9-18(10-17)15(19)14-7-6-12-4-2-3-5-13(12)14/h2-5,14H,6-11H2,1H3,(H,20,21). The van der Waals surface area contributed by atoms with Crippen LogP contribution in [0.2, 0.25) is 0 Å².